The monoisotopic (exact) mass is 301 g/mol. The van der Waals surface area contributed by atoms with Crippen molar-refractivity contribution in [1.82, 2.24) is 0 Å². The number of azo groups is 1. The number of benzene rings is 2. The number of nitrogens with zero attached hydrogens (tertiary/aromatic N) is 3. The Morgan fingerprint density at radius 2 is 1.82 bits per heavy atom. The molecular weight excluding hydrogens is 290 g/mol. The van der Waals surface area contributed by atoms with E-state index < -0.39 is 17.3 Å². The molecule has 0 aromatic heterocycles. The summed E-state index contributed by atoms with van der Waals surface area (Å²) < 4.78 is 0. The Kier molecular flexibility index (Phi) is 4.54. The zero-order valence-electron chi connectivity index (χ0n) is 11.2. The van der Waals surface area contributed by atoms with Gasteiger partial charge in [-0.3, -0.25) is 14.9 Å². The maximum absolute atomic E-state index is 11.4. The topological polar surface area (TPSA) is 125 Å². The summed E-state index contributed by atoms with van der Waals surface area (Å²) in [5.74, 6) is -0.779. The predicted octanol–water partition coefficient (Wildman–Crippen LogP) is 2.89. The first-order chi connectivity index (χ1) is 10.5. The second kappa shape index (κ2) is 6.55. The molecule has 2 aromatic carbocycles. The summed E-state index contributed by atoms with van der Waals surface area (Å²) in [7, 11) is 0. The van der Waals surface area contributed by atoms with E-state index in [0.29, 0.717) is 0 Å². The maximum Gasteiger partial charge on any atom is 0.296 e. The molecule has 112 valence electrons. The average Bonchev–Trinajstić information content (AvgIpc) is 2.53. The van der Waals surface area contributed by atoms with Gasteiger partial charge in [-0.05, 0) is 24.3 Å². The zero-order valence-corrected chi connectivity index (χ0v) is 11.2. The molecule has 0 atom stereocenters. The smallest absolute Gasteiger partial charge is 0.296 e. The second-order valence-electron chi connectivity index (χ2n) is 4.23. The molecular formula is C14H11N3O5. The van der Waals surface area contributed by atoms with E-state index >= 15 is 0 Å². The minimum absolute atomic E-state index is 0.0192. The maximum atomic E-state index is 11.4. The summed E-state index contributed by atoms with van der Waals surface area (Å²) in [5.41, 5.74) is -0.0895. The lowest BCUT2D eigenvalue weighted by atomic mass is 10.1. The largest absolute Gasteiger partial charge is 0.506 e. The van der Waals surface area contributed by atoms with E-state index in [4.69, 9.17) is 5.11 Å². The molecule has 0 radical (unpaired) electrons. The molecule has 0 aliphatic rings. The standard InChI is InChI=1S/C14H11N3O5/c18-8-14(20)9-5-6-13(19)11(7-9)16-15-10-3-1-2-4-12(10)17(21)22/h1-7,18-19H,8H2. The Hall–Kier alpha value is -3.13. The lowest BCUT2D eigenvalue weighted by Crippen LogP contribution is -2.03. The third-order valence-electron chi connectivity index (χ3n) is 2.78. The van der Waals surface area contributed by atoms with Crippen LogP contribution in [0.15, 0.2) is 52.7 Å². The van der Waals surface area contributed by atoms with Gasteiger partial charge in [0.25, 0.3) is 5.69 Å². The van der Waals surface area contributed by atoms with Crippen molar-refractivity contribution in [3.05, 3.63) is 58.1 Å². The molecule has 0 heterocycles. The Balaban J connectivity index is 2.38. The Labute approximate surface area is 124 Å². The number of Topliss-reactive ketones (excluding diaryl/α,β-unsaturated/α-hetero) is 1. The summed E-state index contributed by atoms with van der Waals surface area (Å²) in [5, 5.41) is 36.8. The summed E-state index contributed by atoms with van der Waals surface area (Å²) in [6, 6.07) is 9.55. The van der Waals surface area contributed by atoms with Crippen molar-refractivity contribution in [3.8, 4) is 5.75 Å². The van der Waals surface area contributed by atoms with Gasteiger partial charge in [-0.2, -0.15) is 0 Å². The highest BCUT2D eigenvalue weighted by atomic mass is 16.6. The summed E-state index contributed by atoms with van der Waals surface area (Å²) >= 11 is 0. The van der Waals surface area contributed by atoms with E-state index in [2.05, 4.69) is 10.2 Å². The first-order valence-corrected chi connectivity index (χ1v) is 6.15. The Morgan fingerprint density at radius 1 is 1.14 bits per heavy atom. The van der Waals surface area contributed by atoms with Crippen molar-refractivity contribution in [2.45, 2.75) is 0 Å². The fraction of sp³-hybridized carbons (Fsp3) is 0.0714. The highest BCUT2D eigenvalue weighted by molar-refractivity contribution is 5.97. The fourth-order valence-corrected chi connectivity index (χ4v) is 1.68. The number of phenolic OH excluding ortho intramolecular Hbond substituents is 1. The Bertz CT molecular complexity index is 758. The number of carbonyl (C=O) groups is 1. The van der Waals surface area contributed by atoms with Crippen LogP contribution in [0.1, 0.15) is 10.4 Å². The van der Waals surface area contributed by atoms with Crippen LogP contribution in [0.3, 0.4) is 0 Å². The van der Waals surface area contributed by atoms with Crippen LogP contribution < -0.4 is 0 Å². The van der Waals surface area contributed by atoms with Crippen LogP contribution in [0.25, 0.3) is 0 Å². The van der Waals surface area contributed by atoms with Crippen molar-refractivity contribution in [2.75, 3.05) is 6.61 Å². The van der Waals surface area contributed by atoms with Crippen LogP contribution in [-0.2, 0) is 0 Å². The van der Waals surface area contributed by atoms with E-state index in [0.717, 1.165) is 0 Å². The number of hydrogen-bond acceptors (Lipinski definition) is 7. The average molecular weight is 301 g/mol. The number of rotatable bonds is 5. The van der Waals surface area contributed by atoms with Crippen LogP contribution in [0.2, 0.25) is 0 Å². The Morgan fingerprint density at radius 3 is 2.50 bits per heavy atom. The quantitative estimate of drug-likeness (QED) is 0.380. The molecule has 2 N–H and O–H groups in total. The third-order valence-corrected chi connectivity index (χ3v) is 2.78. The van der Waals surface area contributed by atoms with Gasteiger partial charge < -0.3 is 10.2 Å². The van der Waals surface area contributed by atoms with Crippen molar-refractivity contribution in [2.24, 2.45) is 10.2 Å². The number of hydrogen-bond donors (Lipinski definition) is 2. The fourth-order valence-electron chi connectivity index (χ4n) is 1.68. The van der Waals surface area contributed by atoms with Gasteiger partial charge in [0.15, 0.2) is 11.5 Å². The molecule has 22 heavy (non-hydrogen) atoms. The highest BCUT2D eigenvalue weighted by Crippen LogP contribution is 2.32. The van der Waals surface area contributed by atoms with Crippen molar-refractivity contribution < 1.29 is 19.9 Å². The molecule has 0 unspecified atom stereocenters. The molecule has 8 nitrogen and oxygen atoms in total. The van der Waals surface area contributed by atoms with Crippen LogP contribution in [-0.4, -0.2) is 27.5 Å². The molecule has 0 fully saturated rings. The highest BCUT2D eigenvalue weighted by Gasteiger charge is 2.12. The molecule has 8 heteroatoms. The van der Waals surface area contributed by atoms with Crippen LogP contribution in [0, 0.1) is 10.1 Å². The summed E-state index contributed by atoms with van der Waals surface area (Å²) in [6.45, 7) is -0.675. The molecule has 0 aliphatic carbocycles. The van der Waals surface area contributed by atoms with Crippen LogP contribution in [0.4, 0.5) is 17.1 Å². The summed E-state index contributed by atoms with van der Waals surface area (Å²) in [6.07, 6.45) is 0. The van der Waals surface area contributed by atoms with Gasteiger partial charge in [0.05, 0.1) is 4.92 Å². The van der Waals surface area contributed by atoms with E-state index in [1.807, 2.05) is 0 Å². The second-order valence-corrected chi connectivity index (χ2v) is 4.23. The molecule has 0 saturated heterocycles. The number of aromatic hydroxyl groups is 1. The zero-order chi connectivity index (χ0) is 16.1. The van der Waals surface area contributed by atoms with Crippen molar-refractivity contribution in [3.63, 3.8) is 0 Å². The van der Waals surface area contributed by atoms with Gasteiger partial charge in [-0.15, -0.1) is 10.2 Å². The van der Waals surface area contributed by atoms with Gasteiger partial charge in [0.1, 0.15) is 18.0 Å². The van der Waals surface area contributed by atoms with Crippen molar-refractivity contribution >= 4 is 22.8 Å². The predicted molar refractivity (Wildman–Crippen MR) is 76.8 cm³/mol. The molecule has 0 spiro atoms. The molecule has 0 aliphatic heterocycles. The lowest BCUT2D eigenvalue weighted by molar-refractivity contribution is -0.384. The number of aliphatic hydroxyl groups excluding tert-OH is 1. The number of phenols is 1. The minimum Gasteiger partial charge on any atom is -0.506 e. The molecule has 0 amide bonds. The van der Waals surface area contributed by atoms with E-state index in [-0.39, 0.29) is 28.4 Å². The molecule has 2 rings (SSSR count). The van der Waals surface area contributed by atoms with Gasteiger partial charge in [-0.1, -0.05) is 12.1 Å². The van der Waals surface area contributed by atoms with E-state index in [9.17, 15) is 20.0 Å². The van der Waals surface area contributed by atoms with E-state index in [1.54, 1.807) is 6.07 Å². The molecule has 0 saturated carbocycles. The molecule has 0 bridgehead atoms. The lowest BCUT2D eigenvalue weighted by Gasteiger charge is -2.01. The van der Waals surface area contributed by atoms with Gasteiger partial charge >= 0.3 is 0 Å². The van der Waals surface area contributed by atoms with Crippen molar-refractivity contribution in [1.29, 1.82) is 0 Å². The normalized spacial score (nSPS) is 10.8. The number of aliphatic hydroxyl groups is 1. The SMILES string of the molecule is O=C(CO)c1ccc(O)c(N=Nc2ccccc2[N+](=O)[O-])c1. The summed E-state index contributed by atoms with van der Waals surface area (Å²) in [4.78, 5) is 21.7. The number of para-hydroxylation sites is 1. The third kappa shape index (κ3) is 3.30. The first-order valence-electron chi connectivity index (χ1n) is 6.15. The minimum atomic E-state index is -0.675. The number of nitro benzene ring substituents is 1. The van der Waals surface area contributed by atoms with E-state index in [1.165, 1.54) is 36.4 Å². The number of ketones is 1. The van der Waals surface area contributed by atoms with Gasteiger partial charge in [-0.25, -0.2) is 0 Å². The molecule has 2 aromatic rings. The number of carbonyl (C=O) groups excluding carboxylic acids is 1. The van der Waals surface area contributed by atoms with Crippen LogP contribution in [0.5, 0.6) is 5.75 Å². The van der Waals surface area contributed by atoms with Gasteiger partial charge in [0.2, 0.25) is 0 Å². The first kappa shape index (κ1) is 15.3. The number of nitro groups is 1. The van der Waals surface area contributed by atoms with Gasteiger partial charge in [0, 0.05) is 11.6 Å². The van der Waals surface area contributed by atoms with Crippen LogP contribution >= 0.6 is 0 Å².